The largest absolute Gasteiger partial charge is 0.497 e. The van der Waals surface area contributed by atoms with E-state index in [1.54, 1.807) is 56.9 Å². The molecule has 0 aliphatic heterocycles. The van der Waals surface area contributed by atoms with Crippen LogP contribution in [0.2, 0.25) is 0 Å². The summed E-state index contributed by atoms with van der Waals surface area (Å²) < 4.78 is 53.0. The fourth-order valence-corrected chi connectivity index (χ4v) is 11.9. The van der Waals surface area contributed by atoms with E-state index in [-0.39, 0.29) is 0 Å². The Morgan fingerprint density at radius 2 is 0.558 bits per heavy atom. The number of benzene rings is 4. The Bertz CT molecular complexity index is 1310. The molecule has 0 atom stereocenters. The molecule has 228 valence electrons. The Balaban J connectivity index is 2.01. The summed E-state index contributed by atoms with van der Waals surface area (Å²) in [7, 11) is 7.87. The monoisotopic (exact) mass is 622 g/mol. The van der Waals surface area contributed by atoms with E-state index < -0.39 is 18.1 Å². The predicted molar refractivity (Wildman–Crippen MR) is 172 cm³/mol. The molecule has 43 heavy (non-hydrogen) atoms. The van der Waals surface area contributed by atoms with Crippen molar-refractivity contribution in [2.24, 2.45) is 0 Å². The van der Waals surface area contributed by atoms with Crippen LogP contribution >= 0.6 is 0 Å². The summed E-state index contributed by atoms with van der Waals surface area (Å²) in [6.07, 6.45) is 0. The topological polar surface area (TPSA) is 83.1 Å². The molecule has 4 rings (SSSR count). The molecular formula is C32H38O9Si2. The van der Waals surface area contributed by atoms with Gasteiger partial charge in [-0.15, -0.1) is 0 Å². The Hall–Kier alpha value is -4.33. The van der Waals surface area contributed by atoms with Crippen LogP contribution in [0.25, 0.3) is 0 Å². The van der Waals surface area contributed by atoms with Crippen molar-refractivity contribution in [2.45, 2.75) is 0 Å². The first-order valence-corrected chi connectivity index (χ1v) is 16.7. The maximum absolute atomic E-state index is 7.45. The van der Waals surface area contributed by atoms with Gasteiger partial charge in [-0.1, -0.05) is 24.3 Å². The van der Waals surface area contributed by atoms with Crippen molar-refractivity contribution in [3.63, 3.8) is 0 Å². The molecular weight excluding hydrogens is 585 g/mol. The average molecular weight is 623 g/mol. The minimum atomic E-state index is -2.60. The van der Waals surface area contributed by atoms with Gasteiger partial charge < -0.3 is 42.0 Å². The van der Waals surface area contributed by atoms with Crippen LogP contribution in [-0.2, 0) is 4.12 Å². The number of hydrogen-bond acceptors (Lipinski definition) is 9. The molecule has 0 saturated carbocycles. The lowest BCUT2D eigenvalue weighted by atomic mass is 10.3. The van der Waals surface area contributed by atoms with Gasteiger partial charge in [0.15, 0.2) is 0 Å². The zero-order valence-electron chi connectivity index (χ0n) is 25.8. The zero-order valence-corrected chi connectivity index (χ0v) is 28.1. The first-order chi connectivity index (χ1) is 20.9. The van der Waals surface area contributed by atoms with Gasteiger partial charge in [-0.2, -0.15) is 0 Å². The first-order valence-electron chi connectivity index (χ1n) is 13.5. The van der Waals surface area contributed by atoms with Crippen LogP contribution in [0.15, 0.2) is 72.8 Å². The van der Waals surface area contributed by atoms with Crippen LogP contribution in [0.3, 0.4) is 0 Å². The van der Waals surface area contributed by atoms with Gasteiger partial charge >= 0.3 is 0 Å². The molecule has 11 heteroatoms. The fraction of sp³-hybridized carbons (Fsp3) is 0.250. The van der Waals surface area contributed by atoms with Gasteiger partial charge in [0.1, 0.15) is 46.0 Å². The molecule has 0 amide bonds. The van der Waals surface area contributed by atoms with Crippen molar-refractivity contribution >= 4 is 38.8 Å². The smallest absolute Gasteiger partial charge is 0.236 e. The van der Waals surface area contributed by atoms with Crippen LogP contribution in [0.5, 0.6) is 46.0 Å². The lowest BCUT2D eigenvalue weighted by Gasteiger charge is -2.29. The average Bonchev–Trinajstić information content (AvgIpc) is 3.07. The summed E-state index contributed by atoms with van der Waals surface area (Å²) in [5.74, 6) is 5.34. The van der Waals surface area contributed by atoms with Crippen LogP contribution in [0, 0.1) is 0 Å². The van der Waals surface area contributed by atoms with Crippen molar-refractivity contribution in [3.8, 4) is 46.0 Å². The maximum atomic E-state index is 7.45. The third kappa shape index (κ3) is 6.85. The summed E-state index contributed by atoms with van der Waals surface area (Å²) in [6.45, 7) is 0. The minimum Gasteiger partial charge on any atom is -0.497 e. The van der Waals surface area contributed by atoms with Crippen molar-refractivity contribution in [1.82, 2.24) is 0 Å². The van der Waals surface area contributed by atoms with E-state index in [1.165, 1.54) is 0 Å². The van der Waals surface area contributed by atoms with E-state index in [1.807, 2.05) is 72.8 Å². The summed E-state index contributed by atoms with van der Waals surface area (Å²) in [6, 6.07) is 23.1. The Morgan fingerprint density at radius 3 is 0.744 bits per heavy atom. The Kier molecular flexibility index (Phi) is 10.8. The quantitative estimate of drug-likeness (QED) is 0.197. The SMILES string of the molecule is COc1ccc([SiH](O[SiH](c2ccc(OC)cc2OC)c2ccc(OC)cc2OC)c2ccc(OC)cc2OC)c(OC)c1. The van der Waals surface area contributed by atoms with Gasteiger partial charge in [-0.25, -0.2) is 0 Å². The van der Waals surface area contributed by atoms with Crippen LogP contribution in [0.1, 0.15) is 0 Å². The van der Waals surface area contributed by atoms with Crippen LogP contribution < -0.4 is 58.6 Å². The van der Waals surface area contributed by atoms with E-state index in [2.05, 4.69) is 0 Å². The molecule has 0 aliphatic rings. The highest BCUT2D eigenvalue weighted by molar-refractivity contribution is 6.93. The molecule has 0 saturated heterocycles. The van der Waals surface area contributed by atoms with E-state index in [4.69, 9.17) is 42.0 Å². The van der Waals surface area contributed by atoms with Crippen molar-refractivity contribution in [3.05, 3.63) is 72.8 Å². The van der Waals surface area contributed by atoms with E-state index in [0.717, 1.165) is 20.7 Å². The summed E-state index contributed by atoms with van der Waals surface area (Å²) in [4.78, 5) is 0. The normalized spacial score (nSPS) is 10.8. The Labute approximate surface area is 256 Å². The molecule has 9 nitrogen and oxygen atoms in total. The van der Waals surface area contributed by atoms with Crippen molar-refractivity contribution in [2.75, 3.05) is 56.9 Å². The molecule has 0 radical (unpaired) electrons. The van der Waals surface area contributed by atoms with E-state index in [0.29, 0.717) is 46.0 Å². The van der Waals surface area contributed by atoms with E-state index >= 15 is 0 Å². The van der Waals surface area contributed by atoms with Crippen molar-refractivity contribution in [1.29, 1.82) is 0 Å². The summed E-state index contributed by atoms with van der Waals surface area (Å²) in [5, 5.41) is 3.68. The van der Waals surface area contributed by atoms with Gasteiger partial charge in [0, 0.05) is 45.0 Å². The Morgan fingerprint density at radius 1 is 0.326 bits per heavy atom. The highest BCUT2D eigenvalue weighted by atomic mass is 28.4. The third-order valence-corrected chi connectivity index (χ3v) is 13.5. The highest BCUT2D eigenvalue weighted by Gasteiger charge is 2.34. The summed E-state index contributed by atoms with van der Waals surface area (Å²) >= 11 is 0. The zero-order chi connectivity index (χ0) is 30.9. The number of methoxy groups -OCH3 is 8. The second-order valence-electron chi connectivity index (χ2n) is 9.33. The van der Waals surface area contributed by atoms with Crippen LogP contribution in [-0.4, -0.2) is 75.0 Å². The van der Waals surface area contributed by atoms with Gasteiger partial charge in [0.05, 0.1) is 56.9 Å². The lowest BCUT2D eigenvalue weighted by Crippen LogP contribution is -2.56. The maximum Gasteiger partial charge on any atom is 0.236 e. The fourth-order valence-electron chi connectivity index (χ4n) is 4.90. The highest BCUT2D eigenvalue weighted by Crippen LogP contribution is 2.25. The van der Waals surface area contributed by atoms with Gasteiger partial charge in [0.25, 0.3) is 0 Å². The lowest BCUT2D eigenvalue weighted by molar-refractivity contribution is 0.394. The second kappa shape index (κ2) is 14.7. The molecule has 4 aromatic rings. The number of hydrogen-bond donors (Lipinski definition) is 0. The second-order valence-corrected chi connectivity index (χ2v) is 14.4. The molecule has 0 N–H and O–H groups in total. The predicted octanol–water partition coefficient (Wildman–Crippen LogP) is 2.15. The van der Waals surface area contributed by atoms with Crippen LogP contribution in [0.4, 0.5) is 0 Å². The van der Waals surface area contributed by atoms with Gasteiger partial charge in [-0.05, 0) is 24.3 Å². The van der Waals surface area contributed by atoms with E-state index in [9.17, 15) is 0 Å². The molecule has 0 unspecified atom stereocenters. The molecule has 0 spiro atoms. The van der Waals surface area contributed by atoms with Crippen molar-refractivity contribution < 1.29 is 42.0 Å². The molecule has 0 aliphatic carbocycles. The molecule has 0 fully saturated rings. The first kappa shape index (κ1) is 31.6. The van der Waals surface area contributed by atoms with Gasteiger partial charge in [-0.3, -0.25) is 0 Å². The molecule has 4 aromatic carbocycles. The number of ether oxygens (including phenoxy) is 8. The molecule has 0 bridgehead atoms. The minimum absolute atomic E-state index is 0.657. The standard InChI is InChI=1S/C32H38O9Si2/c1-33-21-9-13-29(25(17-21)37-5)42(30-14-10-22(34-2)18-26(30)38-6)41-43(31-15-11-23(35-3)19-27(31)39-7)32-16-12-24(36-4)20-28(32)40-8/h9-20,42-43H,1-8H3. The van der Waals surface area contributed by atoms with Gasteiger partial charge in [0.2, 0.25) is 18.1 Å². The summed E-state index contributed by atoms with van der Waals surface area (Å²) in [5.41, 5.74) is 0. The number of rotatable bonds is 14. The third-order valence-electron chi connectivity index (χ3n) is 7.16. The molecule has 0 heterocycles. The molecule has 0 aromatic heterocycles.